The first-order chi connectivity index (χ1) is 12.0. The number of hydrogen-bond donors (Lipinski definition) is 1. The fourth-order valence-electron chi connectivity index (χ4n) is 2.00. The zero-order chi connectivity index (χ0) is 18.4. The summed E-state index contributed by atoms with van der Waals surface area (Å²) < 4.78 is 15.2. The number of benzene rings is 2. The molecule has 0 fully saturated rings. The Hall–Kier alpha value is -2.44. The van der Waals surface area contributed by atoms with Crippen molar-refractivity contribution in [3.05, 3.63) is 52.0 Å². The van der Waals surface area contributed by atoms with E-state index in [0.29, 0.717) is 16.5 Å². The van der Waals surface area contributed by atoms with E-state index in [4.69, 9.17) is 37.4 Å². The predicted octanol–water partition coefficient (Wildman–Crippen LogP) is 3.81. The topological polar surface area (TPSA) is 73.9 Å². The zero-order valence-electron chi connectivity index (χ0n) is 13.5. The van der Waals surface area contributed by atoms with Gasteiger partial charge in [0.2, 0.25) is 0 Å². The van der Waals surface area contributed by atoms with Crippen LogP contribution in [0.5, 0.6) is 11.5 Å². The van der Waals surface area contributed by atoms with E-state index >= 15 is 0 Å². The van der Waals surface area contributed by atoms with Crippen LogP contribution in [0.3, 0.4) is 0 Å². The first kappa shape index (κ1) is 18.9. The number of carbonyl (C=O) groups excluding carboxylic acids is 2. The smallest absolute Gasteiger partial charge is 0.338 e. The summed E-state index contributed by atoms with van der Waals surface area (Å²) in [6.45, 7) is -0.476. The highest BCUT2D eigenvalue weighted by atomic mass is 35.5. The van der Waals surface area contributed by atoms with Crippen molar-refractivity contribution >= 4 is 40.8 Å². The number of rotatable bonds is 6. The van der Waals surface area contributed by atoms with Crippen molar-refractivity contribution in [2.45, 2.75) is 0 Å². The van der Waals surface area contributed by atoms with Crippen molar-refractivity contribution in [3.8, 4) is 11.5 Å². The number of amides is 1. The van der Waals surface area contributed by atoms with Gasteiger partial charge in [0, 0.05) is 0 Å². The van der Waals surface area contributed by atoms with Gasteiger partial charge in [-0.15, -0.1) is 0 Å². The van der Waals surface area contributed by atoms with Crippen LogP contribution in [0, 0.1) is 0 Å². The lowest BCUT2D eigenvalue weighted by molar-refractivity contribution is -0.119. The highest BCUT2D eigenvalue weighted by molar-refractivity contribution is 6.33. The van der Waals surface area contributed by atoms with E-state index in [9.17, 15) is 9.59 Å². The van der Waals surface area contributed by atoms with E-state index in [1.54, 1.807) is 24.3 Å². The molecular weight excluding hydrogens is 369 g/mol. The third-order valence-electron chi connectivity index (χ3n) is 3.15. The van der Waals surface area contributed by atoms with Gasteiger partial charge in [-0.3, -0.25) is 4.79 Å². The van der Waals surface area contributed by atoms with Crippen LogP contribution in [-0.2, 0) is 9.53 Å². The van der Waals surface area contributed by atoms with Crippen LogP contribution in [0.25, 0.3) is 0 Å². The molecule has 0 heterocycles. The molecule has 25 heavy (non-hydrogen) atoms. The molecule has 0 radical (unpaired) electrons. The summed E-state index contributed by atoms with van der Waals surface area (Å²) in [5.41, 5.74) is 0.563. The standard InChI is InChI=1S/C17H15Cl2NO5/c1-23-14-8-10(7-12(19)16(14)24-2)17(22)25-9-15(21)20-13-6-4-3-5-11(13)18/h3-8H,9H2,1-2H3,(H,20,21). The molecule has 0 saturated heterocycles. The van der Waals surface area contributed by atoms with E-state index in [1.807, 2.05) is 0 Å². The first-order valence-corrected chi connectivity index (χ1v) is 7.85. The molecule has 0 unspecified atom stereocenters. The Bertz CT molecular complexity index is 795. The molecule has 0 aromatic heterocycles. The van der Waals surface area contributed by atoms with Crippen molar-refractivity contribution in [3.63, 3.8) is 0 Å². The molecule has 0 aliphatic carbocycles. The van der Waals surface area contributed by atoms with E-state index in [-0.39, 0.29) is 16.3 Å². The third kappa shape index (κ3) is 4.78. The zero-order valence-corrected chi connectivity index (χ0v) is 15.0. The average Bonchev–Trinajstić information content (AvgIpc) is 2.60. The van der Waals surface area contributed by atoms with Gasteiger partial charge in [0.25, 0.3) is 5.91 Å². The van der Waals surface area contributed by atoms with Crippen LogP contribution in [0.1, 0.15) is 10.4 Å². The summed E-state index contributed by atoms with van der Waals surface area (Å²) in [6.07, 6.45) is 0. The highest BCUT2D eigenvalue weighted by Gasteiger charge is 2.17. The molecule has 0 saturated carbocycles. The fourth-order valence-corrected chi connectivity index (χ4v) is 2.47. The minimum Gasteiger partial charge on any atom is -0.493 e. The molecule has 0 aliphatic rings. The number of hydrogen-bond acceptors (Lipinski definition) is 5. The predicted molar refractivity (Wildman–Crippen MR) is 94.9 cm³/mol. The lowest BCUT2D eigenvalue weighted by atomic mass is 10.2. The summed E-state index contributed by atoms with van der Waals surface area (Å²) in [5, 5.41) is 3.12. The first-order valence-electron chi connectivity index (χ1n) is 7.09. The SMILES string of the molecule is COc1cc(C(=O)OCC(=O)Nc2ccccc2Cl)cc(Cl)c1OC. The van der Waals surface area contributed by atoms with Crippen molar-refractivity contribution in [1.82, 2.24) is 0 Å². The van der Waals surface area contributed by atoms with E-state index in [0.717, 1.165) is 0 Å². The summed E-state index contributed by atoms with van der Waals surface area (Å²) >= 11 is 12.0. The van der Waals surface area contributed by atoms with Crippen molar-refractivity contribution in [2.24, 2.45) is 0 Å². The Morgan fingerprint density at radius 2 is 1.76 bits per heavy atom. The second kappa shape index (κ2) is 8.60. The summed E-state index contributed by atoms with van der Waals surface area (Å²) in [5.74, 6) is -0.662. The number of carbonyl (C=O) groups is 2. The minimum absolute atomic E-state index is 0.133. The number of methoxy groups -OCH3 is 2. The lowest BCUT2D eigenvalue weighted by Gasteiger charge is -2.12. The summed E-state index contributed by atoms with van der Waals surface area (Å²) in [4.78, 5) is 24.0. The number of esters is 1. The van der Waals surface area contributed by atoms with Gasteiger partial charge < -0.3 is 19.5 Å². The number of para-hydroxylation sites is 1. The molecule has 6 nitrogen and oxygen atoms in total. The molecule has 0 spiro atoms. The quantitative estimate of drug-likeness (QED) is 0.767. The van der Waals surface area contributed by atoms with E-state index in [2.05, 4.69) is 5.32 Å². The maximum atomic E-state index is 12.1. The van der Waals surface area contributed by atoms with Crippen molar-refractivity contribution in [1.29, 1.82) is 0 Å². The number of anilines is 1. The molecule has 2 rings (SSSR count). The average molecular weight is 384 g/mol. The van der Waals surface area contributed by atoms with Gasteiger partial charge in [-0.1, -0.05) is 35.3 Å². The molecule has 0 bridgehead atoms. The van der Waals surface area contributed by atoms with Crippen LogP contribution in [0.15, 0.2) is 36.4 Å². The number of halogens is 2. The van der Waals surface area contributed by atoms with Crippen LogP contribution < -0.4 is 14.8 Å². The van der Waals surface area contributed by atoms with Gasteiger partial charge in [-0.2, -0.15) is 0 Å². The fraction of sp³-hybridized carbons (Fsp3) is 0.176. The van der Waals surface area contributed by atoms with Gasteiger partial charge in [0.05, 0.1) is 35.5 Å². The van der Waals surface area contributed by atoms with Crippen LogP contribution in [0.4, 0.5) is 5.69 Å². The molecule has 0 atom stereocenters. The molecular formula is C17H15Cl2NO5. The Labute approximate surface area is 154 Å². The van der Waals surface area contributed by atoms with Crippen molar-refractivity contribution < 1.29 is 23.8 Å². The minimum atomic E-state index is -0.725. The van der Waals surface area contributed by atoms with E-state index in [1.165, 1.54) is 26.4 Å². The Morgan fingerprint density at radius 3 is 2.40 bits per heavy atom. The van der Waals surface area contributed by atoms with Gasteiger partial charge in [-0.05, 0) is 24.3 Å². The monoisotopic (exact) mass is 383 g/mol. The van der Waals surface area contributed by atoms with Crippen LogP contribution in [-0.4, -0.2) is 32.7 Å². The Balaban J connectivity index is 2.01. The Morgan fingerprint density at radius 1 is 1.04 bits per heavy atom. The normalized spacial score (nSPS) is 10.1. The highest BCUT2D eigenvalue weighted by Crippen LogP contribution is 2.36. The van der Waals surface area contributed by atoms with Crippen molar-refractivity contribution in [2.75, 3.05) is 26.1 Å². The second-order valence-corrected chi connectivity index (χ2v) is 5.61. The third-order valence-corrected chi connectivity index (χ3v) is 3.76. The van der Waals surface area contributed by atoms with Gasteiger partial charge >= 0.3 is 5.97 Å². The molecule has 0 aliphatic heterocycles. The molecule has 132 valence electrons. The van der Waals surface area contributed by atoms with Crippen LogP contribution >= 0.6 is 23.2 Å². The lowest BCUT2D eigenvalue weighted by Crippen LogP contribution is -2.21. The summed E-state index contributed by atoms with van der Waals surface area (Å²) in [6, 6.07) is 9.51. The van der Waals surface area contributed by atoms with E-state index < -0.39 is 18.5 Å². The summed E-state index contributed by atoms with van der Waals surface area (Å²) in [7, 11) is 2.85. The van der Waals surface area contributed by atoms with Gasteiger partial charge in [0.15, 0.2) is 18.1 Å². The number of ether oxygens (including phenoxy) is 3. The molecule has 2 aromatic rings. The number of nitrogens with one attached hydrogen (secondary N) is 1. The molecule has 8 heteroatoms. The largest absolute Gasteiger partial charge is 0.493 e. The van der Waals surface area contributed by atoms with Gasteiger partial charge in [0.1, 0.15) is 0 Å². The Kier molecular flexibility index (Phi) is 6.50. The molecule has 1 N–H and O–H groups in total. The van der Waals surface area contributed by atoms with Gasteiger partial charge in [-0.25, -0.2) is 4.79 Å². The molecule has 1 amide bonds. The molecule has 2 aromatic carbocycles. The van der Waals surface area contributed by atoms with Crippen LogP contribution in [0.2, 0.25) is 10.0 Å². The second-order valence-electron chi connectivity index (χ2n) is 4.80. The maximum Gasteiger partial charge on any atom is 0.338 e. The maximum absolute atomic E-state index is 12.1.